The summed E-state index contributed by atoms with van der Waals surface area (Å²) in [6.45, 7) is 5.39. The zero-order valence-corrected chi connectivity index (χ0v) is 30.2. The van der Waals surface area contributed by atoms with E-state index in [2.05, 4.69) is 21.3 Å². The molecule has 10 N–H and O–H groups in total. The summed E-state index contributed by atoms with van der Waals surface area (Å²) in [4.78, 5) is 92.0. The van der Waals surface area contributed by atoms with Crippen molar-refractivity contribution in [3.8, 4) is 5.75 Å². The number of benzene rings is 2. The highest BCUT2D eigenvalue weighted by molar-refractivity contribution is 5.96. The van der Waals surface area contributed by atoms with Crippen molar-refractivity contribution < 1.29 is 43.8 Å². The summed E-state index contributed by atoms with van der Waals surface area (Å²) in [5.74, 6) is -5.41. The Hall–Kier alpha value is -5.51. The van der Waals surface area contributed by atoms with E-state index in [4.69, 9.17) is 11.5 Å². The maximum Gasteiger partial charge on any atom is 0.326 e. The van der Waals surface area contributed by atoms with Gasteiger partial charge in [-0.1, -0.05) is 56.3 Å². The number of carboxylic acid groups (broad SMARTS) is 1. The third kappa shape index (κ3) is 13.2. The lowest BCUT2D eigenvalue weighted by atomic mass is 10.0. The lowest BCUT2D eigenvalue weighted by Gasteiger charge is -2.31. The molecular formula is C37H51N7O9. The molecule has 16 heteroatoms. The van der Waals surface area contributed by atoms with Gasteiger partial charge in [0.25, 0.3) is 0 Å². The molecule has 6 atom stereocenters. The molecule has 2 aromatic carbocycles. The number of primary amides is 1. The molecule has 0 saturated carbocycles. The normalized spacial score (nSPS) is 16.8. The Bertz CT molecular complexity index is 1600. The van der Waals surface area contributed by atoms with Crippen LogP contribution in [-0.2, 0) is 46.4 Å². The van der Waals surface area contributed by atoms with E-state index in [9.17, 15) is 43.8 Å². The molecule has 2 aromatic rings. The third-order valence-corrected chi connectivity index (χ3v) is 8.85. The van der Waals surface area contributed by atoms with Gasteiger partial charge in [0, 0.05) is 19.4 Å². The molecular weight excluding hydrogens is 686 g/mol. The number of carbonyl (C=O) groups excluding carboxylic acids is 6. The Morgan fingerprint density at radius 1 is 0.792 bits per heavy atom. The van der Waals surface area contributed by atoms with Gasteiger partial charge in [0.05, 0.1) is 6.04 Å². The molecule has 288 valence electrons. The van der Waals surface area contributed by atoms with E-state index in [1.807, 2.05) is 44.2 Å². The van der Waals surface area contributed by atoms with Crippen LogP contribution in [0, 0.1) is 5.92 Å². The molecule has 1 heterocycles. The molecule has 1 fully saturated rings. The van der Waals surface area contributed by atoms with Gasteiger partial charge < -0.3 is 47.8 Å². The number of hydrogen-bond donors (Lipinski definition) is 8. The standard InChI is InChI=1S/C37H51N7O9/c1-21(2)18-28(42-32(47)22(3)40-33(48)26(38)19-23-8-5-4-6-9-23)36(51)44-17-7-10-30(44)35(50)41-27(15-16-31(39)46)34(49)43-29(37(52)53)20-24-11-13-25(45)14-12-24/h4-6,8-9,11-14,21-22,26-30,45H,7,10,15-20,38H2,1-3H3,(H2,39,46)(H,40,48)(H,41,50)(H,42,47)(H,43,49)(H,52,53). The SMILES string of the molecule is CC(C)CC(NC(=O)C(C)NC(=O)C(N)Cc1ccccc1)C(=O)N1CCCC1C(=O)NC(CCC(N)=O)C(=O)NC(Cc1ccc(O)cc1)C(=O)O. The van der Waals surface area contributed by atoms with Crippen LogP contribution in [0.15, 0.2) is 54.6 Å². The van der Waals surface area contributed by atoms with Gasteiger partial charge in [-0.05, 0) is 68.2 Å². The Morgan fingerprint density at radius 2 is 1.42 bits per heavy atom. The average Bonchev–Trinajstić information content (AvgIpc) is 3.60. The molecule has 3 rings (SSSR count). The van der Waals surface area contributed by atoms with Gasteiger partial charge >= 0.3 is 5.97 Å². The van der Waals surface area contributed by atoms with E-state index in [0.29, 0.717) is 12.0 Å². The van der Waals surface area contributed by atoms with Gasteiger partial charge in [-0.15, -0.1) is 0 Å². The van der Waals surface area contributed by atoms with Crippen molar-refractivity contribution in [2.24, 2.45) is 17.4 Å². The minimum absolute atomic E-state index is 0.0188. The summed E-state index contributed by atoms with van der Waals surface area (Å²) in [7, 11) is 0. The van der Waals surface area contributed by atoms with E-state index < -0.39 is 77.7 Å². The fourth-order valence-electron chi connectivity index (χ4n) is 6.00. The molecule has 0 aliphatic carbocycles. The van der Waals surface area contributed by atoms with Crippen molar-refractivity contribution in [1.29, 1.82) is 0 Å². The van der Waals surface area contributed by atoms with Gasteiger partial charge in [-0.2, -0.15) is 0 Å². The summed E-state index contributed by atoms with van der Waals surface area (Å²) < 4.78 is 0. The van der Waals surface area contributed by atoms with E-state index in [1.165, 1.54) is 36.1 Å². The minimum Gasteiger partial charge on any atom is -0.508 e. The van der Waals surface area contributed by atoms with Crippen molar-refractivity contribution >= 4 is 41.4 Å². The number of phenolic OH excluding ortho intramolecular Hbond substituents is 1. The highest BCUT2D eigenvalue weighted by atomic mass is 16.4. The van der Waals surface area contributed by atoms with Crippen LogP contribution in [-0.4, -0.2) is 99.3 Å². The van der Waals surface area contributed by atoms with Gasteiger partial charge in [0.1, 0.15) is 36.0 Å². The average molecular weight is 738 g/mol. The Morgan fingerprint density at radius 3 is 2.02 bits per heavy atom. The summed E-state index contributed by atoms with van der Waals surface area (Å²) in [6, 6.07) is 8.15. The van der Waals surface area contributed by atoms with Gasteiger partial charge in [0.2, 0.25) is 35.4 Å². The maximum absolute atomic E-state index is 13.9. The molecule has 0 spiro atoms. The summed E-state index contributed by atoms with van der Waals surface area (Å²) in [5, 5.41) is 29.6. The predicted molar refractivity (Wildman–Crippen MR) is 194 cm³/mol. The molecule has 6 unspecified atom stereocenters. The summed E-state index contributed by atoms with van der Waals surface area (Å²) in [6.07, 6.45) is 0.524. The smallest absolute Gasteiger partial charge is 0.326 e. The van der Waals surface area contributed by atoms with Crippen LogP contribution in [0.4, 0.5) is 0 Å². The number of carboxylic acids is 1. The van der Waals surface area contributed by atoms with Crippen LogP contribution in [0.5, 0.6) is 5.75 Å². The third-order valence-electron chi connectivity index (χ3n) is 8.85. The second kappa shape index (κ2) is 19.9. The number of aromatic hydroxyl groups is 1. The molecule has 16 nitrogen and oxygen atoms in total. The predicted octanol–water partition coefficient (Wildman–Crippen LogP) is -0.149. The van der Waals surface area contributed by atoms with Crippen LogP contribution in [0.1, 0.15) is 64.0 Å². The molecule has 1 saturated heterocycles. The Kier molecular flexibility index (Phi) is 15.8. The first-order valence-corrected chi connectivity index (χ1v) is 17.7. The number of carbonyl (C=O) groups is 7. The second-order valence-corrected chi connectivity index (χ2v) is 13.7. The molecule has 6 amide bonds. The zero-order valence-electron chi connectivity index (χ0n) is 30.2. The second-order valence-electron chi connectivity index (χ2n) is 13.7. The van der Waals surface area contributed by atoms with Crippen molar-refractivity contribution in [3.63, 3.8) is 0 Å². The fraction of sp³-hybridized carbons (Fsp3) is 0.486. The van der Waals surface area contributed by atoms with Gasteiger partial charge in [0.15, 0.2) is 0 Å². The highest BCUT2D eigenvalue weighted by Gasteiger charge is 2.40. The first-order chi connectivity index (χ1) is 25.0. The molecule has 1 aliphatic rings. The number of phenols is 1. The fourth-order valence-corrected chi connectivity index (χ4v) is 6.00. The molecule has 0 aromatic heterocycles. The number of hydrogen-bond acceptors (Lipinski definition) is 9. The monoisotopic (exact) mass is 737 g/mol. The van der Waals surface area contributed by atoms with Gasteiger partial charge in [-0.3, -0.25) is 28.8 Å². The number of nitrogens with two attached hydrogens (primary N) is 2. The molecule has 0 bridgehead atoms. The van der Waals surface area contributed by atoms with Crippen molar-refractivity contribution in [3.05, 3.63) is 65.7 Å². The van der Waals surface area contributed by atoms with Crippen LogP contribution >= 0.6 is 0 Å². The van der Waals surface area contributed by atoms with E-state index in [0.717, 1.165) is 5.56 Å². The van der Waals surface area contributed by atoms with Gasteiger partial charge in [-0.25, -0.2) is 4.79 Å². The molecule has 53 heavy (non-hydrogen) atoms. The van der Waals surface area contributed by atoms with Crippen molar-refractivity contribution in [2.75, 3.05) is 6.54 Å². The Balaban J connectivity index is 1.69. The summed E-state index contributed by atoms with van der Waals surface area (Å²) >= 11 is 0. The van der Waals surface area contributed by atoms with E-state index in [-0.39, 0.29) is 56.7 Å². The maximum atomic E-state index is 13.9. The number of aliphatic carboxylic acids is 1. The highest BCUT2D eigenvalue weighted by Crippen LogP contribution is 2.21. The van der Waals surface area contributed by atoms with Crippen LogP contribution < -0.4 is 32.7 Å². The zero-order chi connectivity index (χ0) is 39.2. The number of amides is 6. The summed E-state index contributed by atoms with van der Waals surface area (Å²) in [5.41, 5.74) is 12.8. The molecule has 1 aliphatic heterocycles. The quantitative estimate of drug-likeness (QED) is 0.0945. The largest absolute Gasteiger partial charge is 0.508 e. The van der Waals surface area contributed by atoms with Crippen molar-refractivity contribution in [1.82, 2.24) is 26.2 Å². The lowest BCUT2D eigenvalue weighted by Crippen LogP contribution is -2.59. The number of rotatable bonds is 19. The van der Waals surface area contributed by atoms with E-state index in [1.54, 1.807) is 0 Å². The van der Waals surface area contributed by atoms with Crippen LogP contribution in [0.3, 0.4) is 0 Å². The number of nitrogens with one attached hydrogen (secondary N) is 4. The minimum atomic E-state index is -1.41. The van der Waals surface area contributed by atoms with E-state index >= 15 is 0 Å². The number of likely N-dealkylation sites (tertiary alicyclic amines) is 1. The molecule has 0 radical (unpaired) electrons. The lowest BCUT2D eigenvalue weighted by molar-refractivity contribution is -0.144. The number of nitrogens with zero attached hydrogens (tertiary/aromatic N) is 1. The van der Waals surface area contributed by atoms with Crippen LogP contribution in [0.2, 0.25) is 0 Å². The topological polar surface area (TPSA) is 263 Å². The Labute approximate surface area is 308 Å². The van der Waals surface area contributed by atoms with Crippen LogP contribution in [0.25, 0.3) is 0 Å². The first kappa shape index (κ1) is 41.9. The first-order valence-electron chi connectivity index (χ1n) is 17.7. The van der Waals surface area contributed by atoms with Crippen molar-refractivity contribution in [2.45, 2.75) is 102 Å².